The van der Waals surface area contributed by atoms with Crippen LogP contribution in [0.5, 0.6) is 0 Å². The van der Waals surface area contributed by atoms with Crippen LogP contribution in [-0.2, 0) is 10.2 Å². The number of hydrogen-bond donors (Lipinski definition) is 2. The fourth-order valence-corrected chi connectivity index (χ4v) is 5.33. The number of nitrogens with zero attached hydrogens (tertiary/aromatic N) is 2. The van der Waals surface area contributed by atoms with Crippen molar-refractivity contribution in [1.82, 2.24) is 13.9 Å². The number of nitrogens with one attached hydrogen (secondary N) is 1. The smallest absolute Gasteiger partial charge is 0.280 e. The van der Waals surface area contributed by atoms with Gasteiger partial charge < -0.3 is 10.6 Å². The van der Waals surface area contributed by atoms with Crippen molar-refractivity contribution in [3.63, 3.8) is 0 Å². The molecule has 6 nitrogen and oxygen atoms in total. The maximum Gasteiger partial charge on any atom is 0.280 e. The summed E-state index contributed by atoms with van der Waals surface area (Å²) in [7, 11) is -1.54. The third kappa shape index (κ3) is 3.73. The van der Waals surface area contributed by atoms with E-state index in [1.165, 1.54) is 0 Å². The first kappa shape index (κ1) is 17.1. The zero-order valence-corrected chi connectivity index (χ0v) is 14.5. The molecule has 8 heteroatoms. The molecule has 2 heterocycles. The highest BCUT2D eigenvalue weighted by Gasteiger charge is 2.42. The third-order valence-electron chi connectivity index (χ3n) is 4.69. The Morgan fingerprint density at radius 2 is 1.90 bits per heavy atom. The molecule has 2 saturated heterocycles. The lowest BCUT2D eigenvalue weighted by Gasteiger charge is -2.42. The summed E-state index contributed by atoms with van der Waals surface area (Å²) in [5, 5.41) is 0. The average molecular weight is 335 g/mol. The van der Waals surface area contributed by atoms with Crippen LogP contribution in [-0.4, -0.2) is 60.9 Å². The normalized spacial score (nSPS) is 28.4. The van der Waals surface area contributed by atoms with Crippen LogP contribution in [0.2, 0.25) is 0 Å². The van der Waals surface area contributed by atoms with Gasteiger partial charge in [0.2, 0.25) is 0 Å². The van der Waals surface area contributed by atoms with Gasteiger partial charge in [-0.05, 0) is 39.7 Å². The lowest BCUT2D eigenvalue weighted by molar-refractivity contribution is 0.212. The van der Waals surface area contributed by atoms with E-state index in [9.17, 15) is 8.42 Å². The number of piperidine rings is 2. The number of nitrogens with two attached hydrogens (primary N) is 1. The molecule has 2 rings (SSSR count). The topological polar surface area (TPSA) is 78.7 Å². The van der Waals surface area contributed by atoms with Gasteiger partial charge in [-0.2, -0.15) is 17.4 Å². The van der Waals surface area contributed by atoms with Crippen LogP contribution in [0.3, 0.4) is 0 Å². The van der Waals surface area contributed by atoms with Gasteiger partial charge in [-0.1, -0.05) is 18.6 Å². The van der Waals surface area contributed by atoms with Gasteiger partial charge in [-0.15, -0.1) is 0 Å². The monoisotopic (exact) mass is 334 g/mol. The van der Waals surface area contributed by atoms with Crippen LogP contribution >= 0.6 is 12.2 Å². The fourth-order valence-electron chi connectivity index (χ4n) is 3.13. The minimum absolute atomic E-state index is 0.0333. The molecule has 0 radical (unpaired) electrons. The fraction of sp³-hybridized carbons (Fsp3) is 0.923. The molecule has 0 spiro atoms. The highest BCUT2D eigenvalue weighted by atomic mass is 32.2. The van der Waals surface area contributed by atoms with E-state index in [0.29, 0.717) is 19.4 Å². The van der Waals surface area contributed by atoms with Gasteiger partial charge in [0.05, 0.1) is 10.5 Å². The first-order chi connectivity index (χ1) is 9.77. The third-order valence-corrected chi connectivity index (χ3v) is 6.89. The molecule has 21 heavy (non-hydrogen) atoms. The van der Waals surface area contributed by atoms with Gasteiger partial charge in [0, 0.05) is 25.7 Å². The number of thiocarbonyl (C=S) groups is 1. The Labute approximate surface area is 133 Å². The van der Waals surface area contributed by atoms with Crippen LogP contribution in [0.15, 0.2) is 0 Å². The minimum Gasteiger partial charge on any atom is -0.392 e. The van der Waals surface area contributed by atoms with Crippen molar-refractivity contribution in [3.8, 4) is 0 Å². The molecule has 0 aliphatic carbocycles. The van der Waals surface area contributed by atoms with Gasteiger partial charge in [-0.25, -0.2) is 0 Å². The van der Waals surface area contributed by atoms with Gasteiger partial charge in [0.15, 0.2) is 0 Å². The highest BCUT2D eigenvalue weighted by Crippen LogP contribution is 2.26. The van der Waals surface area contributed by atoms with E-state index in [1.807, 2.05) is 14.0 Å². The van der Waals surface area contributed by atoms with E-state index >= 15 is 0 Å². The van der Waals surface area contributed by atoms with Crippen LogP contribution in [0.1, 0.15) is 39.0 Å². The van der Waals surface area contributed by atoms with Crippen molar-refractivity contribution < 1.29 is 8.42 Å². The Kier molecular flexibility index (Phi) is 5.25. The summed E-state index contributed by atoms with van der Waals surface area (Å²) in [4.78, 5) is 2.41. The quantitative estimate of drug-likeness (QED) is 0.730. The van der Waals surface area contributed by atoms with Crippen LogP contribution in [0.25, 0.3) is 0 Å². The lowest BCUT2D eigenvalue weighted by atomic mass is 9.89. The van der Waals surface area contributed by atoms with Crippen molar-refractivity contribution in [2.75, 3.05) is 26.7 Å². The molecule has 1 unspecified atom stereocenters. The van der Waals surface area contributed by atoms with E-state index in [0.717, 1.165) is 32.4 Å². The van der Waals surface area contributed by atoms with Gasteiger partial charge in [-0.3, -0.25) is 0 Å². The molecular formula is C13H26N4O2S2. The van der Waals surface area contributed by atoms with Crippen molar-refractivity contribution in [2.45, 2.75) is 50.6 Å². The van der Waals surface area contributed by atoms with Crippen molar-refractivity contribution >= 4 is 27.4 Å². The second-order valence-electron chi connectivity index (χ2n) is 6.31. The van der Waals surface area contributed by atoms with E-state index in [1.54, 1.807) is 4.31 Å². The van der Waals surface area contributed by atoms with Crippen LogP contribution in [0.4, 0.5) is 0 Å². The Morgan fingerprint density at radius 3 is 2.43 bits per heavy atom. The highest BCUT2D eigenvalue weighted by molar-refractivity contribution is 7.87. The van der Waals surface area contributed by atoms with Crippen LogP contribution in [0, 0.1) is 0 Å². The molecule has 1 atom stereocenters. The van der Waals surface area contributed by atoms with Crippen molar-refractivity contribution in [3.05, 3.63) is 0 Å². The largest absolute Gasteiger partial charge is 0.392 e. The summed E-state index contributed by atoms with van der Waals surface area (Å²) in [5.41, 5.74) is 5.11. The van der Waals surface area contributed by atoms with Crippen molar-refractivity contribution in [2.24, 2.45) is 5.73 Å². The van der Waals surface area contributed by atoms with Crippen LogP contribution < -0.4 is 10.5 Å². The lowest BCUT2D eigenvalue weighted by Crippen LogP contribution is -2.64. The Morgan fingerprint density at radius 1 is 1.29 bits per heavy atom. The van der Waals surface area contributed by atoms with E-state index in [2.05, 4.69) is 9.62 Å². The second-order valence-corrected chi connectivity index (χ2v) is 8.38. The number of likely N-dealkylation sites (tertiary alicyclic amines) is 1. The molecule has 122 valence electrons. The number of rotatable bonds is 4. The summed E-state index contributed by atoms with van der Waals surface area (Å²) >= 11 is 5.18. The average Bonchev–Trinajstić information content (AvgIpc) is 2.41. The summed E-state index contributed by atoms with van der Waals surface area (Å²) < 4.78 is 29.9. The van der Waals surface area contributed by atoms with Gasteiger partial charge in [0.25, 0.3) is 10.2 Å². The minimum atomic E-state index is -3.56. The molecule has 0 saturated carbocycles. The second kappa shape index (κ2) is 6.45. The summed E-state index contributed by atoms with van der Waals surface area (Å²) in [6, 6.07) is 0.0333. The molecular weight excluding hydrogens is 308 g/mol. The SMILES string of the molecule is CC1CCCCN1S(=O)(=O)NC1(C(N)=S)CCN(C)CC1. The molecule has 0 aromatic rings. The molecule has 2 aliphatic heterocycles. The van der Waals surface area contributed by atoms with Gasteiger partial charge >= 0.3 is 0 Å². The first-order valence-corrected chi connectivity index (χ1v) is 9.41. The van der Waals surface area contributed by atoms with Crippen molar-refractivity contribution in [1.29, 1.82) is 0 Å². The first-order valence-electron chi connectivity index (χ1n) is 7.56. The predicted octanol–water partition coefficient (Wildman–Crippen LogP) is 0.446. The molecule has 0 amide bonds. The molecule has 0 aromatic carbocycles. The molecule has 0 bridgehead atoms. The zero-order valence-electron chi connectivity index (χ0n) is 12.8. The standard InChI is InChI=1S/C13H26N4O2S2/c1-11-5-3-4-8-17(11)21(18,19)15-13(12(14)20)6-9-16(2)10-7-13/h11,15H,3-10H2,1-2H3,(H2,14,20). The van der Waals surface area contributed by atoms with E-state index in [4.69, 9.17) is 18.0 Å². The summed E-state index contributed by atoms with van der Waals surface area (Å²) in [5.74, 6) is 0. The molecule has 3 N–H and O–H groups in total. The Bertz CT molecular complexity index is 486. The molecule has 0 aromatic heterocycles. The maximum absolute atomic E-state index is 12.7. The Balaban J connectivity index is 2.18. The zero-order chi connectivity index (χ0) is 15.7. The van der Waals surface area contributed by atoms with Gasteiger partial charge in [0.1, 0.15) is 0 Å². The van der Waals surface area contributed by atoms with E-state index in [-0.39, 0.29) is 11.0 Å². The van der Waals surface area contributed by atoms with E-state index < -0.39 is 15.7 Å². The summed E-state index contributed by atoms with van der Waals surface area (Å²) in [6.45, 7) is 4.11. The molecule has 2 aliphatic rings. The number of hydrogen-bond acceptors (Lipinski definition) is 4. The Hall–Kier alpha value is -0.280. The molecule has 2 fully saturated rings. The maximum atomic E-state index is 12.7. The summed E-state index contributed by atoms with van der Waals surface area (Å²) in [6.07, 6.45) is 4.15. The predicted molar refractivity (Wildman–Crippen MR) is 88.3 cm³/mol.